The highest BCUT2D eigenvalue weighted by molar-refractivity contribution is 4.79. The lowest BCUT2D eigenvalue weighted by molar-refractivity contribution is 0.638. The van der Waals surface area contributed by atoms with Crippen molar-refractivity contribution < 1.29 is 0 Å². The second-order valence-electron chi connectivity index (χ2n) is 1.79. The van der Waals surface area contributed by atoms with Gasteiger partial charge in [0.1, 0.15) is 0 Å². The van der Waals surface area contributed by atoms with Crippen LogP contribution in [0.2, 0.25) is 0 Å². The minimum Gasteiger partial charge on any atom is -0.301 e. The van der Waals surface area contributed by atoms with Crippen LogP contribution >= 0.6 is 0 Å². The molecular weight excluding hydrogens is 62.1 g/mol. The summed E-state index contributed by atoms with van der Waals surface area (Å²) >= 11 is 0. The maximum atomic E-state index is 2.29. The number of likely N-dealkylation sites (N-methyl/N-ethyl adjacent to an activating group) is 1. The second-order valence-corrected chi connectivity index (χ2v) is 1.79. The van der Waals surface area contributed by atoms with Crippen LogP contribution in [0.15, 0.2) is 0 Å². The largest absolute Gasteiger partial charge is 0.301 e. The smallest absolute Gasteiger partial charge is 0.0192 e. The Kier molecular flexibility index (Phi) is 0.453. The molecular formula is C4H9N. The van der Waals surface area contributed by atoms with Crippen LogP contribution in [0, 0.1) is 0 Å². The van der Waals surface area contributed by atoms with Crippen molar-refractivity contribution in [3.63, 3.8) is 0 Å². The zero-order valence-corrected chi connectivity index (χ0v) is 3.73. The van der Waals surface area contributed by atoms with E-state index in [2.05, 4.69) is 18.9 Å². The van der Waals surface area contributed by atoms with Gasteiger partial charge in [-0.3, -0.25) is 0 Å². The summed E-state index contributed by atoms with van der Waals surface area (Å²) in [4.78, 5) is 2.29. The van der Waals surface area contributed by atoms with Crippen LogP contribution in [0.1, 0.15) is 6.92 Å². The highest BCUT2D eigenvalue weighted by Gasteiger charge is 2.22. The van der Waals surface area contributed by atoms with E-state index in [0.29, 0.717) is 0 Å². The molecule has 1 nitrogen and oxygen atoms in total. The van der Waals surface area contributed by atoms with Gasteiger partial charge in [0.15, 0.2) is 0 Å². The summed E-state index contributed by atoms with van der Waals surface area (Å²) in [6.45, 7) is 3.53. The lowest BCUT2D eigenvalue weighted by Crippen LogP contribution is -1.84. The third kappa shape index (κ3) is 0.428. The number of rotatable bonds is 0. The Balaban J connectivity index is 2.20. The van der Waals surface area contributed by atoms with Gasteiger partial charge in [-0.25, -0.2) is 0 Å². The molecule has 0 saturated carbocycles. The first-order valence-electron chi connectivity index (χ1n) is 2.01. The van der Waals surface area contributed by atoms with E-state index in [-0.39, 0.29) is 0 Å². The lowest BCUT2D eigenvalue weighted by atomic mass is 10.6. The molecule has 1 heteroatoms. The fourth-order valence-corrected chi connectivity index (χ4v) is 0.370. The van der Waals surface area contributed by atoms with E-state index >= 15 is 0 Å². The third-order valence-electron chi connectivity index (χ3n) is 1.17. The van der Waals surface area contributed by atoms with Crippen LogP contribution in [0.5, 0.6) is 0 Å². The van der Waals surface area contributed by atoms with Crippen molar-refractivity contribution in [2.75, 3.05) is 13.6 Å². The van der Waals surface area contributed by atoms with Crippen molar-refractivity contribution in [3.05, 3.63) is 0 Å². The summed E-state index contributed by atoms with van der Waals surface area (Å²) in [5.74, 6) is 0. The molecule has 0 amide bonds. The van der Waals surface area contributed by atoms with Gasteiger partial charge in [-0.05, 0) is 14.0 Å². The summed E-state index contributed by atoms with van der Waals surface area (Å²) in [6.07, 6.45) is 0. The van der Waals surface area contributed by atoms with E-state index in [4.69, 9.17) is 0 Å². The topological polar surface area (TPSA) is 3.01 Å². The molecule has 1 fully saturated rings. The van der Waals surface area contributed by atoms with Crippen molar-refractivity contribution in [2.24, 2.45) is 0 Å². The molecule has 30 valence electrons. The van der Waals surface area contributed by atoms with Gasteiger partial charge in [0.25, 0.3) is 0 Å². The number of hydrogen-bond donors (Lipinski definition) is 0. The van der Waals surface area contributed by atoms with Gasteiger partial charge in [-0.2, -0.15) is 0 Å². The average molecular weight is 71.1 g/mol. The van der Waals surface area contributed by atoms with Crippen molar-refractivity contribution >= 4 is 0 Å². The van der Waals surface area contributed by atoms with E-state index in [1.54, 1.807) is 0 Å². The van der Waals surface area contributed by atoms with Crippen LogP contribution in [-0.4, -0.2) is 24.5 Å². The molecule has 0 aromatic rings. The summed E-state index contributed by atoms with van der Waals surface area (Å²) in [6, 6.07) is 0.884. The van der Waals surface area contributed by atoms with Gasteiger partial charge in [0.05, 0.1) is 0 Å². The highest BCUT2D eigenvalue weighted by Crippen LogP contribution is 2.09. The molecule has 0 N–H and O–H groups in total. The minimum absolute atomic E-state index is 0.884. The normalized spacial score (nSPS) is 49.2. The van der Waals surface area contributed by atoms with Gasteiger partial charge in [-0.15, -0.1) is 0 Å². The Morgan fingerprint density at radius 3 is 2.00 bits per heavy atom. The molecule has 0 aliphatic carbocycles. The summed E-state index contributed by atoms with van der Waals surface area (Å²) in [5.41, 5.74) is 0. The van der Waals surface area contributed by atoms with Gasteiger partial charge in [0.2, 0.25) is 0 Å². The van der Waals surface area contributed by atoms with Gasteiger partial charge in [0, 0.05) is 12.6 Å². The SMILES string of the molecule is C[C@H]1CN1C. The first kappa shape index (κ1) is 3.16. The fourth-order valence-electron chi connectivity index (χ4n) is 0.370. The highest BCUT2D eigenvalue weighted by atomic mass is 15.3. The van der Waals surface area contributed by atoms with Crippen LogP contribution in [0.4, 0.5) is 0 Å². The van der Waals surface area contributed by atoms with E-state index < -0.39 is 0 Å². The molecule has 5 heavy (non-hydrogen) atoms. The lowest BCUT2D eigenvalue weighted by Gasteiger charge is -1.75. The maximum Gasteiger partial charge on any atom is 0.0192 e. The first-order valence-corrected chi connectivity index (χ1v) is 2.01. The molecule has 1 aliphatic rings. The molecule has 0 aromatic carbocycles. The Labute approximate surface area is 32.6 Å². The Bertz CT molecular complexity index is 36.9. The third-order valence-corrected chi connectivity index (χ3v) is 1.17. The molecule has 1 heterocycles. The molecule has 0 aromatic heterocycles. The molecule has 1 unspecified atom stereocenters. The standard InChI is InChI=1S/C4H9N/c1-4-3-5(4)2/h4H,3H2,1-2H3/t4-,5?/m0/s1. The van der Waals surface area contributed by atoms with Gasteiger partial charge >= 0.3 is 0 Å². The van der Waals surface area contributed by atoms with E-state index in [1.807, 2.05) is 0 Å². The Morgan fingerprint density at radius 1 is 1.80 bits per heavy atom. The molecule has 0 bridgehead atoms. The first-order chi connectivity index (χ1) is 2.30. The zero-order chi connectivity index (χ0) is 3.86. The van der Waals surface area contributed by atoms with Gasteiger partial charge in [-0.1, -0.05) is 0 Å². The predicted octanol–water partition coefficient (Wildman–Crippen LogP) is 0.320. The maximum absolute atomic E-state index is 2.29. The molecule has 1 rings (SSSR count). The summed E-state index contributed by atoms with van der Waals surface area (Å²) in [7, 11) is 2.13. The fraction of sp³-hybridized carbons (Fsp3) is 1.00. The number of hydrogen-bond acceptors (Lipinski definition) is 1. The van der Waals surface area contributed by atoms with Crippen LogP contribution in [-0.2, 0) is 0 Å². The van der Waals surface area contributed by atoms with E-state index in [9.17, 15) is 0 Å². The quantitative estimate of drug-likeness (QED) is 0.372. The summed E-state index contributed by atoms with van der Waals surface area (Å²) in [5, 5.41) is 0. The average Bonchev–Trinajstić information content (AvgIpc) is 1.79. The molecule has 2 atom stereocenters. The van der Waals surface area contributed by atoms with Crippen molar-refractivity contribution in [1.29, 1.82) is 0 Å². The Hall–Kier alpha value is -0.0400. The van der Waals surface area contributed by atoms with Crippen molar-refractivity contribution in [1.82, 2.24) is 4.90 Å². The van der Waals surface area contributed by atoms with E-state index in [1.165, 1.54) is 6.54 Å². The van der Waals surface area contributed by atoms with E-state index in [0.717, 1.165) is 6.04 Å². The van der Waals surface area contributed by atoms with Crippen LogP contribution in [0.3, 0.4) is 0 Å². The second kappa shape index (κ2) is 0.716. The molecule has 0 radical (unpaired) electrons. The molecule has 0 spiro atoms. The molecule has 1 aliphatic heterocycles. The van der Waals surface area contributed by atoms with Gasteiger partial charge < -0.3 is 4.90 Å². The van der Waals surface area contributed by atoms with Crippen LogP contribution < -0.4 is 0 Å². The molecule has 1 saturated heterocycles. The minimum atomic E-state index is 0.884. The number of nitrogens with zero attached hydrogens (tertiary/aromatic N) is 1. The monoisotopic (exact) mass is 71.1 g/mol. The summed E-state index contributed by atoms with van der Waals surface area (Å²) < 4.78 is 0. The zero-order valence-electron chi connectivity index (χ0n) is 3.73. The van der Waals surface area contributed by atoms with Crippen molar-refractivity contribution in [2.45, 2.75) is 13.0 Å². The Morgan fingerprint density at radius 2 is 2.00 bits per heavy atom. The predicted molar refractivity (Wildman–Crippen MR) is 22.1 cm³/mol. The van der Waals surface area contributed by atoms with Crippen LogP contribution in [0.25, 0.3) is 0 Å². The van der Waals surface area contributed by atoms with Crippen molar-refractivity contribution in [3.8, 4) is 0 Å².